The molecule has 1 amide bonds. The predicted octanol–water partition coefficient (Wildman–Crippen LogP) is 1.78. The molecule has 3 atom stereocenters. The van der Waals surface area contributed by atoms with Crippen LogP contribution < -0.4 is 5.32 Å². The molecular weight excluding hydrogens is 238 g/mol. The summed E-state index contributed by atoms with van der Waals surface area (Å²) in [6, 6.07) is 4.73. The molecule has 2 heterocycles. The van der Waals surface area contributed by atoms with Crippen LogP contribution in [-0.4, -0.2) is 41.0 Å². The van der Waals surface area contributed by atoms with Crippen LogP contribution in [0.4, 0.5) is 0 Å². The number of hydrogen-bond donors (Lipinski definition) is 1. The molecule has 0 radical (unpaired) electrons. The number of hydrogen-bond acceptors (Lipinski definition) is 3. The zero-order chi connectivity index (χ0) is 13.8. The average Bonchev–Trinajstić information content (AvgIpc) is 2.38. The van der Waals surface area contributed by atoms with Crippen LogP contribution in [0.5, 0.6) is 0 Å². The molecule has 2 rings (SSSR count). The van der Waals surface area contributed by atoms with Gasteiger partial charge in [-0.05, 0) is 37.5 Å². The highest BCUT2D eigenvalue weighted by Crippen LogP contribution is 2.19. The zero-order valence-corrected chi connectivity index (χ0v) is 12.0. The Kier molecular flexibility index (Phi) is 4.53. The van der Waals surface area contributed by atoms with Gasteiger partial charge in [-0.3, -0.25) is 9.78 Å². The van der Waals surface area contributed by atoms with Gasteiger partial charge in [-0.15, -0.1) is 0 Å². The zero-order valence-electron chi connectivity index (χ0n) is 12.0. The van der Waals surface area contributed by atoms with Crippen molar-refractivity contribution in [3.8, 4) is 0 Å². The van der Waals surface area contributed by atoms with Crippen molar-refractivity contribution < 1.29 is 4.79 Å². The Labute approximate surface area is 115 Å². The van der Waals surface area contributed by atoms with Crippen molar-refractivity contribution in [2.75, 3.05) is 13.1 Å². The van der Waals surface area contributed by atoms with Gasteiger partial charge in [0, 0.05) is 44.0 Å². The summed E-state index contributed by atoms with van der Waals surface area (Å²) in [6.45, 7) is 7.98. The van der Waals surface area contributed by atoms with Crippen molar-refractivity contribution in [3.63, 3.8) is 0 Å². The Morgan fingerprint density at radius 3 is 2.53 bits per heavy atom. The van der Waals surface area contributed by atoms with Gasteiger partial charge >= 0.3 is 0 Å². The van der Waals surface area contributed by atoms with Crippen LogP contribution in [0.15, 0.2) is 24.5 Å². The first kappa shape index (κ1) is 14.0. The molecule has 0 saturated carbocycles. The summed E-state index contributed by atoms with van der Waals surface area (Å²) >= 11 is 0. The van der Waals surface area contributed by atoms with E-state index in [1.807, 2.05) is 17.0 Å². The number of carbonyl (C=O) groups excluding carboxylic acids is 1. The molecule has 1 saturated heterocycles. The maximum Gasteiger partial charge on any atom is 0.223 e. The van der Waals surface area contributed by atoms with Crippen molar-refractivity contribution in [2.24, 2.45) is 0 Å². The summed E-state index contributed by atoms with van der Waals surface area (Å²) in [5.41, 5.74) is 1.18. The lowest BCUT2D eigenvalue weighted by Crippen LogP contribution is -2.55. The minimum Gasteiger partial charge on any atom is -0.340 e. The summed E-state index contributed by atoms with van der Waals surface area (Å²) in [7, 11) is 0. The molecule has 4 nitrogen and oxygen atoms in total. The number of aromatic nitrogens is 1. The predicted molar refractivity (Wildman–Crippen MR) is 75.9 cm³/mol. The second kappa shape index (κ2) is 6.15. The van der Waals surface area contributed by atoms with E-state index in [-0.39, 0.29) is 11.8 Å². The van der Waals surface area contributed by atoms with E-state index in [1.165, 1.54) is 5.56 Å². The first-order valence-electron chi connectivity index (χ1n) is 7.00. The van der Waals surface area contributed by atoms with E-state index in [1.54, 1.807) is 12.4 Å². The molecule has 104 valence electrons. The topological polar surface area (TPSA) is 45.2 Å². The Hall–Kier alpha value is -1.42. The number of piperazine rings is 1. The summed E-state index contributed by atoms with van der Waals surface area (Å²) in [5.74, 6) is 0.500. The molecule has 1 N–H and O–H groups in total. The highest BCUT2D eigenvalue weighted by molar-refractivity contribution is 5.77. The Bertz CT molecular complexity index is 411. The molecule has 1 aromatic heterocycles. The first-order valence-corrected chi connectivity index (χ1v) is 7.00. The third-order valence-electron chi connectivity index (χ3n) is 3.67. The van der Waals surface area contributed by atoms with Crippen LogP contribution >= 0.6 is 0 Å². The van der Waals surface area contributed by atoms with Crippen LogP contribution in [0, 0.1) is 0 Å². The summed E-state index contributed by atoms with van der Waals surface area (Å²) in [5, 5.41) is 3.45. The van der Waals surface area contributed by atoms with Crippen molar-refractivity contribution in [2.45, 2.75) is 45.2 Å². The largest absolute Gasteiger partial charge is 0.340 e. The molecule has 1 aromatic rings. The number of rotatable bonds is 3. The molecule has 4 heteroatoms. The molecular formula is C15H23N3O. The van der Waals surface area contributed by atoms with E-state index < -0.39 is 0 Å². The standard InChI is InChI=1S/C15H23N3O/c1-11(14-4-6-16-7-5-14)8-15(19)18-9-12(2)17-13(3)10-18/h4-7,11-13,17H,8-10H2,1-3H3/t11-,12-,13-/m1/s1. The summed E-state index contributed by atoms with van der Waals surface area (Å²) < 4.78 is 0. The van der Waals surface area contributed by atoms with Gasteiger partial charge in [0.2, 0.25) is 5.91 Å². The molecule has 0 bridgehead atoms. The fourth-order valence-corrected chi connectivity index (χ4v) is 2.73. The minimum atomic E-state index is 0.246. The van der Waals surface area contributed by atoms with Gasteiger partial charge in [0.25, 0.3) is 0 Å². The SMILES string of the molecule is C[C@@H]1CN(C(=O)C[C@@H](C)c2ccncc2)C[C@@H](C)N1. The van der Waals surface area contributed by atoms with Crippen LogP contribution in [0.1, 0.15) is 38.7 Å². The molecule has 0 unspecified atom stereocenters. The molecule has 1 aliphatic rings. The number of pyridine rings is 1. The van der Waals surface area contributed by atoms with Gasteiger partial charge in [0.1, 0.15) is 0 Å². The van der Waals surface area contributed by atoms with Crippen LogP contribution in [-0.2, 0) is 4.79 Å². The van der Waals surface area contributed by atoms with Gasteiger partial charge < -0.3 is 10.2 Å². The van der Waals surface area contributed by atoms with Gasteiger partial charge in [-0.1, -0.05) is 6.92 Å². The Morgan fingerprint density at radius 2 is 1.95 bits per heavy atom. The second-order valence-corrected chi connectivity index (χ2v) is 5.65. The minimum absolute atomic E-state index is 0.246. The van der Waals surface area contributed by atoms with E-state index in [9.17, 15) is 4.79 Å². The summed E-state index contributed by atoms with van der Waals surface area (Å²) in [4.78, 5) is 18.4. The Balaban J connectivity index is 1.93. The fourth-order valence-electron chi connectivity index (χ4n) is 2.73. The highest BCUT2D eigenvalue weighted by atomic mass is 16.2. The number of nitrogens with zero attached hydrogens (tertiary/aromatic N) is 2. The van der Waals surface area contributed by atoms with Gasteiger partial charge in [-0.25, -0.2) is 0 Å². The van der Waals surface area contributed by atoms with E-state index in [4.69, 9.17) is 0 Å². The third-order valence-corrected chi connectivity index (χ3v) is 3.67. The average molecular weight is 261 g/mol. The normalized spacial score (nSPS) is 25.1. The van der Waals surface area contributed by atoms with Crippen molar-refractivity contribution in [1.29, 1.82) is 0 Å². The third kappa shape index (κ3) is 3.77. The first-order chi connectivity index (χ1) is 9.06. The van der Waals surface area contributed by atoms with Crippen molar-refractivity contribution in [3.05, 3.63) is 30.1 Å². The van der Waals surface area contributed by atoms with Gasteiger partial charge in [-0.2, -0.15) is 0 Å². The molecule has 0 aromatic carbocycles. The van der Waals surface area contributed by atoms with Crippen LogP contribution in [0.2, 0.25) is 0 Å². The quantitative estimate of drug-likeness (QED) is 0.902. The monoisotopic (exact) mass is 261 g/mol. The van der Waals surface area contributed by atoms with E-state index >= 15 is 0 Å². The highest BCUT2D eigenvalue weighted by Gasteiger charge is 2.25. The number of amides is 1. The van der Waals surface area contributed by atoms with Crippen LogP contribution in [0.3, 0.4) is 0 Å². The maximum atomic E-state index is 12.4. The van der Waals surface area contributed by atoms with E-state index in [2.05, 4.69) is 31.1 Å². The molecule has 0 spiro atoms. The van der Waals surface area contributed by atoms with Gasteiger partial charge in [0.15, 0.2) is 0 Å². The number of carbonyl (C=O) groups is 1. The lowest BCUT2D eigenvalue weighted by atomic mass is 9.98. The van der Waals surface area contributed by atoms with E-state index in [0.29, 0.717) is 18.5 Å². The van der Waals surface area contributed by atoms with Crippen molar-refractivity contribution >= 4 is 5.91 Å². The van der Waals surface area contributed by atoms with E-state index in [0.717, 1.165) is 13.1 Å². The molecule has 1 fully saturated rings. The maximum absolute atomic E-state index is 12.4. The molecule has 1 aliphatic heterocycles. The summed E-state index contributed by atoms with van der Waals surface area (Å²) in [6.07, 6.45) is 4.14. The molecule has 0 aliphatic carbocycles. The molecule has 19 heavy (non-hydrogen) atoms. The van der Waals surface area contributed by atoms with Crippen molar-refractivity contribution in [1.82, 2.24) is 15.2 Å². The lowest BCUT2D eigenvalue weighted by molar-refractivity contribution is -0.133. The lowest BCUT2D eigenvalue weighted by Gasteiger charge is -2.36. The fraction of sp³-hybridized carbons (Fsp3) is 0.600. The second-order valence-electron chi connectivity index (χ2n) is 5.65. The smallest absolute Gasteiger partial charge is 0.223 e. The van der Waals surface area contributed by atoms with Gasteiger partial charge in [0.05, 0.1) is 0 Å². The van der Waals surface area contributed by atoms with Crippen LogP contribution in [0.25, 0.3) is 0 Å². The number of nitrogens with one attached hydrogen (secondary N) is 1. The Morgan fingerprint density at radius 1 is 1.37 bits per heavy atom.